The Morgan fingerprint density at radius 3 is 3.04 bits per heavy atom. The number of carbonyl (C=O) groups excluding carboxylic acids is 2. The third-order valence-corrected chi connectivity index (χ3v) is 4.93. The molecule has 2 aliphatic rings. The van der Waals surface area contributed by atoms with Gasteiger partial charge in [0.1, 0.15) is 0 Å². The van der Waals surface area contributed by atoms with E-state index in [1.54, 1.807) is 19.2 Å². The molecule has 0 radical (unpaired) electrons. The van der Waals surface area contributed by atoms with Crippen molar-refractivity contribution in [3.63, 3.8) is 0 Å². The second-order valence-electron chi connectivity index (χ2n) is 6.67. The van der Waals surface area contributed by atoms with E-state index in [1.807, 2.05) is 17.0 Å². The Hall–Kier alpha value is -1.96. The highest BCUT2D eigenvalue weighted by Gasteiger charge is 2.40. The van der Waals surface area contributed by atoms with Gasteiger partial charge < -0.3 is 20.5 Å². The molecule has 3 atom stereocenters. The maximum Gasteiger partial charge on any atom is 0.251 e. The van der Waals surface area contributed by atoms with Crippen molar-refractivity contribution in [3.05, 3.63) is 35.4 Å². The van der Waals surface area contributed by atoms with Crippen LogP contribution in [0.2, 0.25) is 0 Å². The topological polar surface area (TPSA) is 90.9 Å². The van der Waals surface area contributed by atoms with E-state index in [-0.39, 0.29) is 23.9 Å². The van der Waals surface area contributed by atoms with Crippen molar-refractivity contribution in [2.75, 3.05) is 26.7 Å². The maximum atomic E-state index is 12.5. The van der Waals surface area contributed by atoms with Crippen LogP contribution in [0, 0.1) is 0 Å². The number of hydrogen-bond donors (Lipinski definition) is 3. The lowest BCUT2D eigenvalue weighted by molar-refractivity contribution is -0.125. The van der Waals surface area contributed by atoms with Crippen molar-refractivity contribution in [2.24, 2.45) is 0 Å². The average Bonchev–Trinajstić information content (AvgIpc) is 2.96. The monoisotopic (exact) mass is 347 g/mol. The van der Waals surface area contributed by atoms with E-state index < -0.39 is 6.10 Å². The minimum absolute atomic E-state index is 0.0131. The summed E-state index contributed by atoms with van der Waals surface area (Å²) in [6.07, 6.45) is 0.799. The Labute approximate surface area is 147 Å². The van der Waals surface area contributed by atoms with Crippen LogP contribution in [0.1, 0.15) is 28.8 Å². The molecule has 3 N–H and O–H groups in total. The van der Waals surface area contributed by atoms with Gasteiger partial charge in [-0.25, -0.2) is 0 Å². The molecule has 25 heavy (non-hydrogen) atoms. The molecule has 3 rings (SSSR count). The van der Waals surface area contributed by atoms with Crippen LogP contribution in [-0.4, -0.2) is 66.8 Å². The molecule has 1 saturated heterocycles. The van der Waals surface area contributed by atoms with Gasteiger partial charge in [0.25, 0.3) is 5.91 Å². The van der Waals surface area contributed by atoms with E-state index in [9.17, 15) is 14.7 Å². The van der Waals surface area contributed by atoms with Crippen LogP contribution in [0.5, 0.6) is 0 Å². The molecule has 1 aliphatic heterocycles. The molecular weight excluding hydrogens is 322 g/mol. The summed E-state index contributed by atoms with van der Waals surface area (Å²) in [6.45, 7) is 2.09. The summed E-state index contributed by atoms with van der Waals surface area (Å²) in [5.41, 5.74) is 1.49. The van der Waals surface area contributed by atoms with Gasteiger partial charge in [-0.3, -0.25) is 14.5 Å². The maximum absolute atomic E-state index is 12.5. The highest BCUT2D eigenvalue weighted by Crippen LogP contribution is 2.25. The minimum Gasteiger partial charge on any atom is -0.389 e. The van der Waals surface area contributed by atoms with Crippen LogP contribution in [0.4, 0.5) is 0 Å². The van der Waals surface area contributed by atoms with Gasteiger partial charge in [-0.05, 0) is 30.5 Å². The van der Waals surface area contributed by atoms with Crippen LogP contribution in [0.3, 0.4) is 0 Å². The Kier molecular flexibility index (Phi) is 5.67. The standard InChI is InChI=1S/C18H25N3O4/c1-25-11-12-3-2-4-13(9-12)18(24)20-14-5-6-15(17(14)23)21-8-7-19-16(22)10-21/h2-4,9,14-15,17,23H,5-8,10-11H2,1H3,(H,19,22)(H,20,24)/t14-,15-,17-/m1/s1. The molecule has 1 heterocycles. The van der Waals surface area contributed by atoms with E-state index >= 15 is 0 Å². The first kappa shape index (κ1) is 17.8. The van der Waals surface area contributed by atoms with Crippen molar-refractivity contribution in [2.45, 2.75) is 37.6 Å². The molecule has 1 saturated carbocycles. The molecule has 7 heteroatoms. The number of hydrogen-bond acceptors (Lipinski definition) is 5. The first-order valence-electron chi connectivity index (χ1n) is 8.66. The number of carbonyl (C=O) groups is 2. The molecule has 2 amide bonds. The molecule has 136 valence electrons. The fourth-order valence-electron chi connectivity index (χ4n) is 3.68. The summed E-state index contributed by atoms with van der Waals surface area (Å²) in [7, 11) is 1.61. The van der Waals surface area contributed by atoms with Gasteiger partial charge >= 0.3 is 0 Å². The van der Waals surface area contributed by atoms with Crippen molar-refractivity contribution in [1.82, 2.24) is 15.5 Å². The Bertz CT molecular complexity index is 637. The molecule has 7 nitrogen and oxygen atoms in total. The molecule has 1 aliphatic carbocycles. The number of ether oxygens (including phenoxy) is 1. The van der Waals surface area contributed by atoms with Gasteiger partial charge in [-0.1, -0.05) is 12.1 Å². The summed E-state index contributed by atoms with van der Waals surface area (Å²) in [4.78, 5) is 26.1. The van der Waals surface area contributed by atoms with E-state index in [2.05, 4.69) is 10.6 Å². The number of aliphatic hydroxyl groups excluding tert-OH is 1. The zero-order valence-electron chi connectivity index (χ0n) is 14.4. The lowest BCUT2D eigenvalue weighted by atomic mass is 10.1. The minimum atomic E-state index is -0.669. The van der Waals surface area contributed by atoms with Gasteiger partial charge in [0, 0.05) is 31.8 Å². The predicted octanol–water partition coefficient (Wildman–Crippen LogP) is -0.113. The quantitative estimate of drug-likeness (QED) is 0.691. The number of methoxy groups -OCH3 is 1. The fraction of sp³-hybridized carbons (Fsp3) is 0.556. The Morgan fingerprint density at radius 2 is 2.28 bits per heavy atom. The normalized spacial score (nSPS) is 27.1. The Balaban J connectivity index is 1.60. The molecular formula is C18H25N3O4. The van der Waals surface area contributed by atoms with E-state index in [4.69, 9.17) is 4.74 Å². The van der Waals surface area contributed by atoms with Crippen molar-refractivity contribution < 1.29 is 19.4 Å². The van der Waals surface area contributed by atoms with Gasteiger partial charge in [0.05, 0.1) is 25.3 Å². The molecule has 0 bridgehead atoms. The van der Waals surface area contributed by atoms with E-state index in [0.717, 1.165) is 18.5 Å². The molecule has 0 aromatic heterocycles. The first-order chi connectivity index (χ1) is 12.1. The summed E-state index contributed by atoms with van der Waals surface area (Å²) in [5.74, 6) is -0.208. The highest BCUT2D eigenvalue weighted by atomic mass is 16.5. The van der Waals surface area contributed by atoms with Crippen molar-refractivity contribution in [3.8, 4) is 0 Å². The van der Waals surface area contributed by atoms with Gasteiger partial charge in [-0.2, -0.15) is 0 Å². The summed E-state index contributed by atoms with van der Waals surface area (Å²) in [5, 5.41) is 16.3. The van der Waals surface area contributed by atoms with Crippen LogP contribution >= 0.6 is 0 Å². The highest BCUT2D eigenvalue weighted by molar-refractivity contribution is 5.94. The number of amides is 2. The molecule has 1 aromatic carbocycles. The zero-order valence-corrected chi connectivity index (χ0v) is 14.4. The summed E-state index contributed by atoms with van der Waals surface area (Å²) in [6, 6.07) is 6.89. The summed E-state index contributed by atoms with van der Waals surface area (Å²) >= 11 is 0. The van der Waals surface area contributed by atoms with Crippen LogP contribution in [0.15, 0.2) is 24.3 Å². The second-order valence-corrected chi connectivity index (χ2v) is 6.67. The zero-order chi connectivity index (χ0) is 17.8. The van der Waals surface area contributed by atoms with Gasteiger partial charge in [-0.15, -0.1) is 0 Å². The molecule has 2 fully saturated rings. The van der Waals surface area contributed by atoms with Crippen LogP contribution in [0.25, 0.3) is 0 Å². The SMILES string of the molecule is COCc1cccc(C(=O)N[C@@H]2CC[C@@H](N3CCNC(=O)C3)[C@@H]2O)c1. The van der Waals surface area contributed by atoms with Gasteiger partial charge in [0.15, 0.2) is 0 Å². The van der Waals surface area contributed by atoms with Crippen LogP contribution < -0.4 is 10.6 Å². The number of nitrogens with zero attached hydrogens (tertiary/aromatic N) is 1. The van der Waals surface area contributed by atoms with Gasteiger partial charge in [0.2, 0.25) is 5.91 Å². The first-order valence-corrected chi connectivity index (χ1v) is 8.66. The second kappa shape index (κ2) is 7.95. The number of aliphatic hydroxyl groups is 1. The average molecular weight is 347 g/mol. The van der Waals surface area contributed by atoms with Crippen molar-refractivity contribution in [1.29, 1.82) is 0 Å². The number of nitrogens with one attached hydrogen (secondary N) is 2. The smallest absolute Gasteiger partial charge is 0.251 e. The molecule has 0 unspecified atom stereocenters. The third-order valence-electron chi connectivity index (χ3n) is 4.93. The fourth-order valence-corrected chi connectivity index (χ4v) is 3.68. The van der Waals surface area contributed by atoms with Crippen molar-refractivity contribution >= 4 is 11.8 Å². The lowest BCUT2D eigenvalue weighted by Crippen LogP contribution is -2.55. The largest absolute Gasteiger partial charge is 0.389 e. The Morgan fingerprint density at radius 1 is 1.44 bits per heavy atom. The third kappa shape index (κ3) is 4.18. The molecule has 0 spiro atoms. The number of benzene rings is 1. The van der Waals surface area contributed by atoms with E-state index in [1.165, 1.54) is 0 Å². The lowest BCUT2D eigenvalue weighted by Gasteiger charge is -2.34. The number of rotatable bonds is 5. The number of piperazine rings is 1. The predicted molar refractivity (Wildman–Crippen MR) is 92.0 cm³/mol. The van der Waals surface area contributed by atoms with Crippen LogP contribution in [-0.2, 0) is 16.1 Å². The van der Waals surface area contributed by atoms with E-state index in [0.29, 0.717) is 31.7 Å². The molecule has 1 aromatic rings. The summed E-state index contributed by atoms with van der Waals surface area (Å²) < 4.78 is 5.09.